The fourth-order valence-corrected chi connectivity index (χ4v) is 1.44. The summed E-state index contributed by atoms with van der Waals surface area (Å²) in [5, 5.41) is 2.31. The van der Waals surface area contributed by atoms with Crippen molar-refractivity contribution in [2.75, 3.05) is 6.54 Å². The van der Waals surface area contributed by atoms with E-state index in [4.69, 9.17) is 4.74 Å². The van der Waals surface area contributed by atoms with E-state index in [0.29, 0.717) is 0 Å². The smallest absolute Gasteiger partial charge is 0.459 e. The molecule has 0 heterocycles. The van der Waals surface area contributed by atoms with E-state index >= 15 is 0 Å². The molecule has 1 N–H and O–H groups in total. The lowest BCUT2D eigenvalue weighted by atomic mass is 10.2. The van der Waals surface area contributed by atoms with E-state index in [9.17, 15) is 22.8 Å². The van der Waals surface area contributed by atoms with Crippen molar-refractivity contribution in [3.63, 3.8) is 0 Å². The van der Waals surface area contributed by atoms with E-state index in [2.05, 4.69) is 10.1 Å². The second-order valence-corrected chi connectivity index (χ2v) is 5.34. The summed E-state index contributed by atoms with van der Waals surface area (Å²) in [5.41, 5.74) is -0.573. The molecule has 0 atom stereocenters. The molecule has 0 aliphatic heterocycles. The van der Waals surface area contributed by atoms with E-state index in [1.165, 1.54) is 0 Å². The van der Waals surface area contributed by atoms with Crippen LogP contribution in [0.25, 0.3) is 0 Å². The van der Waals surface area contributed by atoms with Gasteiger partial charge in [0, 0.05) is 5.56 Å². The third kappa shape index (κ3) is 6.96. The number of amides is 1. The maximum Gasteiger partial charge on any atom is 0.573 e. The number of benzene rings is 1. The molecule has 0 aliphatic carbocycles. The number of halogens is 3. The van der Waals surface area contributed by atoms with Crippen molar-refractivity contribution >= 4 is 11.9 Å². The quantitative estimate of drug-likeness (QED) is 0.867. The molecule has 0 unspecified atom stereocenters. The molecule has 0 aliphatic rings. The summed E-state index contributed by atoms with van der Waals surface area (Å²) >= 11 is 0. The molecule has 0 saturated heterocycles. The zero-order valence-corrected chi connectivity index (χ0v) is 12.3. The molecule has 0 fully saturated rings. The molecule has 8 heteroatoms. The number of hydrogen-bond acceptors (Lipinski definition) is 4. The maximum absolute atomic E-state index is 12.0. The van der Waals surface area contributed by atoms with Crippen molar-refractivity contribution in [3.05, 3.63) is 29.8 Å². The lowest BCUT2D eigenvalue weighted by Gasteiger charge is -2.19. The highest BCUT2D eigenvalue weighted by Gasteiger charge is 2.31. The Labute approximate surface area is 125 Å². The molecule has 0 saturated carbocycles. The van der Waals surface area contributed by atoms with Gasteiger partial charge in [-0.05, 0) is 45.0 Å². The van der Waals surface area contributed by atoms with Crippen LogP contribution in [-0.4, -0.2) is 30.4 Å². The Morgan fingerprint density at radius 3 is 2.09 bits per heavy atom. The molecular weight excluding hydrogens is 303 g/mol. The van der Waals surface area contributed by atoms with Gasteiger partial charge in [0.1, 0.15) is 17.9 Å². The summed E-state index contributed by atoms with van der Waals surface area (Å²) in [6, 6.07) is 4.34. The van der Waals surface area contributed by atoms with Gasteiger partial charge >= 0.3 is 12.3 Å². The van der Waals surface area contributed by atoms with E-state index < -0.39 is 29.6 Å². The van der Waals surface area contributed by atoms with Crippen molar-refractivity contribution in [2.45, 2.75) is 32.7 Å². The van der Waals surface area contributed by atoms with Gasteiger partial charge in [0.15, 0.2) is 0 Å². The highest BCUT2D eigenvalue weighted by atomic mass is 19.4. The largest absolute Gasteiger partial charge is 0.573 e. The average molecular weight is 319 g/mol. The third-order valence-electron chi connectivity index (χ3n) is 2.16. The minimum Gasteiger partial charge on any atom is -0.459 e. The van der Waals surface area contributed by atoms with Crippen LogP contribution in [0.5, 0.6) is 5.75 Å². The number of carbonyl (C=O) groups is 2. The van der Waals surface area contributed by atoms with Gasteiger partial charge in [-0.25, -0.2) is 0 Å². The molecule has 0 bridgehead atoms. The number of rotatable bonds is 4. The zero-order chi connectivity index (χ0) is 17.0. The van der Waals surface area contributed by atoms with E-state index in [-0.39, 0.29) is 12.1 Å². The van der Waals surface area contributed by atoms with Crippen LogP contribution in [-0.2, 0) is 9.53 Å². The number of ether oxygens (including phenoxy) is 2. The van der Waals surface area contributed by atoms with Crippen LogP contribution < -0.4 is 10.1 Å². The Hall–Kier alpha value is -2.25. The van der Waals surface area contributed by atoms with E-state index in [1.807, 2.05) is 0 Å². The maximum atomic E-state index is 12.0. The summed E-state index contributed by atoms with van der Waals surface area (Å²) in [6.45, 7) is 4.72. The molecular formula is C14H16F3NO4. The monoisotopic (exact) mass is 319 g/mol. The lowest BCUT2D eigenvalue weighted by Crippen LogP contribution is -2.34. The van der Waals surface area contributed by atoms with Crippen LogP contribution in [0, 0.1) is 0 Å². The first-order valence-corrected chi connectivity index (χ1v) is 6.32. The molecule has 1 aromatic rings. The fourth-order valence-electron chi connectivity index (χ4n) is 1.44. The topological polar surface area (TPSA) is 64.6 Å². The molecule has 1 rings (SSSR count). The van der Waals surface area contributed by atoms with Gasteiger partial charge < -0.3 is 14.8 Å². The molecule has 122 valence electrons. The standard InChI is InChI=1S/C14H16F3NO4/c1-13(2,3)22-11(19)8-18-12(20)9-4-6-10(7-5-9)21-14(15,16)17/h4-7H,8H2,1-3H3,(H,18,20). The van der Waals surface area contributed by atoms with E-state index in [0.717, 1.165) is 24.3 Å². The predicted molar refractivity (Wildman–Crippen MR) is 71.3 cm³/mol. The summed E-state index contributed by atoms with van der Waals surface area (Å²) in [6.07, 6.45) is -4.79. The Balaban J connectivity index is 2.54. The minimum absolute atomic E-state index is 0.0954. The number of carbonyl (C=O) groups excluding carboxylic acids is 2. The first-order chi connectivity index (χ1) is 9.96. The summed E-state index contributed by atoms with van der Waals surface area (Å²) < 4.78 is 44.7. The zero-order valence-electron chi connectivity index (χ0n) is 12.3. The molecule has 1 aromatic carbocycles. The van der Waals surface area contributed by atoms with Gasteiger partial charge in [-0.1, -0.05) is 0 Å². The van der Waals surface area contributed by atoms with Crippen molar-refractivity contribution < 1.29 is 32.2 Å². The van der Waals surface area contributed by atoms with Crippen molar-refractivity contribution in [1.29, 1.82) is 0 Å². The minimum atomic E-state index is -4.79. The predicted octanol–water partition coefficient (Wildman–Crippen LogP) is 2.66. The van der Waals surface area contributed by atoms with Crippen LogP contribution in [0.4, 0.5) is 13.2 Å². The molecule has 5 nitrogen and oxygen atoms in total. The highest BCUT2D eigenvalue weighted by molar-refractivity contribution is 5.96. The highest BCUT2D eigenvalue weighted by Crippen LogP contribution is 2.22. The second kappa shape index (κ2) is 6.67. The molecule has 0 radical (unpaired) electrons. The Morgan fingerprint density at radius 2 is 1.64 bits per heavy atom. The lowest BCUT2D eigenvalue weighted by molar-refractivity contribution is -0.274. The van der Waals surface area contributed by atoms with Gasteiger partial charge in [0.25, 0.3) is 5.91 Å². The summed E-state index contributed by atoms with van der Waals surface area (Å²) in [4.78, 5) is 23.2. The average Bonchev–Trinajstić information content (AvgIpc) is 2.33. The van der Waals surface area contributed by atoms with Gasteiger partial charge in [-0.3, -0.25) is 9.59 Å². The SMILES string of the molecule is CC(C)(C)OC(=O)CNC(=O)c1ccc(OC(F)(F)F)cc1. The van der Waals surface area contributed by atoms with Crippen LogP contribution >= 0.6 is 0 Å². The Kier molecular flexibility index (Phi) is 5.40. The van der Waals surface area contributed by atoms with Crippen LogP contribution in [0.1, 0.15) is 31.1 Å². The van der Waals surface area contributed by atoms with Gasteiger partial charge in [0.2, 0.25) is 0 Å². The first-order valence-electron chi connectivity index (χ1n) is 6.32. The van der Waals surface area contributed by atoms with Crippen molar-refractivity contribution in [3.8, 4) is 5.75 Å². The normalized spacial score (nSPS) is 11.7. The summed E-state index contributed by atoms with van der Waals surface area (Å²) in [5.74, 6) is -1.65. The van der Waals surface area contributed by atoms with Crippen LogP contribution in [0.2, 0.25) is 0 Å². The number of hydrogen-bond donors (Lipinski definition) is 1. The third-order valence-corrected chi connectivity index (χ3v) is 2.16. The Bertz CT molecular complexity index is 533. The van der Waals surface area contributed by atoms with Crippen LogP contribution in [0.15, 0.2) is 24.3 Å². The molecule has 0 aromatic heterocycles. The number of esters is 1. The van der Waals surface area contributed by atoms with Gasteiger partial charge in [-0.2, -0.15) is 0 Å². The Morgan fingerprint density at radius 1 is 1.09 bits per heavy atom. The van der Waals surface area contributed by atoms with Crippen LogP contribution in [0.3, 0.4) is 0 Å². The van der Waals surface area contributed by atoms with E-state index in [1.54, 1.807) is 20.8 Å². The second-order valence-electron chi connectivity index (χ2n) is 5.34. The molecule has 22 heavy (non-hydrogen) atoms. The van der Waals surface area contributed by atoms with Crippen molar-refractivity contribution in [2.24, 2.45) is 0 Å². The summed E-state index contributed by atoms with van der Waals surface area (Å²) in [7, 11) is 0. The van der Waals surface area contributed by atoms with Crippen molar-refractivity contribution in [1.82, 2.24) is 5.32 Å². The molecule has 1 amide bonds. The fraction of sp³-hybridized carbons (Fsp3) is 0.429. The van der Waals surface area contributed by atoms with Gasteiger partial charge in [-0.15, -0.1) is 13.2 Å². The first kappa shape index (κ1) is 17.8. The number of alkyl halides is 3. The molecule has 0 spiro atoms. The number of nitrogens with one attached hydrogen (secondary N) is 1. The van der Waals surface area contributed by atoms with Gasteiger partial charge in [0.05, 0.1) is 0 Å².